The summed E-state index contributed by atoms with van der Waals surface area (Å²) in [5.41, 5.74) is 2.52. The summed E-state index contributed by atoms with van der Waals surface area (Å²) in [7, 11) is 2.19. The molecule has 1 amide bonds. The van der Waals surface area contributed by atoms with Gasteiger partial charge in [-0.15, -0.1) is 0 Å². The van der Waals surface area contributed by atoms with Crippen molar-refractivity contribution in [2.24, 2.45) is 5.92 Å². The molecule has 1 heterocycles. The summed E-state index contributed by atoms with van der Waals surface area (Å²) in [5, 5.41) is 14.1. The molecule has 3 unspecified atom stereocenters. The van der Waals surface area contributed by atoms with Gasteiger partial charge in [-0.05, 0) is 69.8 Å². The summed E-state index contributed by atoms with van der Waals surface area (Å²) in [5.74, 6) is 0.262. The Hall–Kier alpha value is -1.95. The van der Waals surface area contributed by atoms with Gasteiger partial charge in [0.2, 0.25) is 5.91 Å². The minimum atomic E-state index is -0.407. The van der Waals surface area contributed by atoms with Crippen molar-refractivity contribution in [3.05, 3.63) is 33.4 Å². The number of likely N-dealkylation sites (tertiary alicyclic amines) is 1. The topological polar surface area (TPSA) is 75.5 Å². The predicted molar refractivity (Wildman–Crippen MR) is 102 cm³/mol. The van der Waals surface area contributed by atoms with Crippen LogP contribution in [0.2, 0.25) is 0 Å². The fraction of sp³-hybridized carbons (Fsp3) is 0.650. The fourth-order valence-corrected chi connectivity index (χ4v) is 5.31. The molecule has 3 atom stereocenters. The van der Waals surface area contributed by atoms with Gasteiger partial charge in [0.15, 0.2) is 0 Å². The second-order valence-electron chi connectivity index (χ2n) is 8.10. The van der Waals surface area contributed by atoms with Crippen LogP contribution in [0, 0.1) is 23.0 Å². The lowest BCUT2D eigenvalue weighted by molar-refractivity contribution is -0.384. The molecule has 6 nitrogen and oxygen atoms in total. The molecule has 26 heavy (non-hydrogen) atoms. The van der Waals surface area contributed by atoms with E-state index in [-0.39, 0.29) is 17.0 Å². The Morgan fingerprint density at radius 2 is 2.08 bits per heavy atom. The highest BCUT2D eigenvalue weighted by molar-refractivity contribution is 5.91. The molecule has 2 fully saturated rings. The first-order chi connectivity index (χ1) is 12.3. The quantitative estimate of drug-likeness (QED) is 0.653. The van der Waals surface area contributed by atoms with E-state index in [9.17, 15) is 14.9 Å². The van der Waals surface area contributed by atoms with Crippen LogP contribution in [0.15, 0.2) is 12.1 Å². The van der Waals surface area contributed by atoms with E-state index in [0.29, 0.717) is 17.6 Å². The third kappa shape index (κ3) is 3.11. The molecule has 1 saturated carbocycles. The maximum Gasteiger partial charge on any atom is 0.293 e. The number of nitro groups is 1. The molecule has 0 aromatic heterocycles. The Kier molecular flexibility index (Phi) is 5.06. The highest BCUT2D eigenvalue weighted by atomic mass is 16.6. The molecule has 1 aromatic carbocycles. The Bertz CT molecular complexity index is 733. The number of carbonyl (C=O) groups is 1. The molecule has 0 spiro atoms. The van der Waals surface area contributed by atoms with Gasteiger partial charge in [0.05, 0.1) is 4.92 Å². The van der Waals surface area contributed by atoms with Crippen LogP contribution in [0.4, 0.5) is 11.4 Å². The maximum atomic E-state index is 11.6. The SMILES string of the molecule is CC(=O)Nc1cc(C23CCCCC2C(C)N(C)CC3)c(C)cc1[N+](=O)[O-]. The van der Waals surface area contributed by atoms with Crippen molar-refractivity contribution in [3.8, 4) is 0 Å². The number of hydrogen-bond acceptors (Lipinski definition) is 4. The van der Waals surface area contributed by atoms with E-state index < -0.39 is 4.92 Å². The van der Waals surface area contributed by atoms with E-state index in [0.717, 1.165) is 24.9 Å². The molecular formula is C20H29N3O3. The summed E-state index contributed by atoms with van der Waals surface area (Å²) in [6, 6.07) is 4.03. The fourth-order valence-electron chi connectivity index (χ4n) is 5.31. The molecule has 1 N–H and O–H groups in total. The van der Waals surface area contributed by atoms with Gasteiger partial charge in [-0.1, -0.05) is 12.8 Å². The molecule has 2 aliphatic rings. The van der Waals surface area contributed by atoms with Gasteiger partial charge >= 0.3 is 0 Å². The van der Waals surface area contributed by atoms with E-state index in [1.54, 1.807) is 6.07 Å². The summed E-state index contributed by atoms with van der Waals surface area (Å²) in [6.07, 6.45) is 5.82. The standard InChI is InChI=1S/C20H29N3O3/c1-13-11-19(23(25)26)18(21-15(3)24)12-17(13)20-8-6-5-7-16(20)14(2)22(4)10-9-20/h11-12,14,16H,5-10H2,1-4H3,(H,21,24). The third-order valence-electron chi connectivity index (χ3n) is 6.67. The third-order valence-corrected chi connectivity index (χ3v) is 6.67. The number of hydrogen-bond donors (Lipinski definition) is 1. The first-order valence-electron chi connectivity index (χ1n) is 9.53. The van der Waals surface area contributed by atoms with Crippen LogP contribution in [0.3, 0.4) is 0 Å². The Morgan fingerprint density at radius 3 is 2.73 bits per heavy atom. The van der Waals surface area contributed by atoms with E-state index in [4.69, 9.17) is 0 Å². The van der Waals surface area contributed by atoms with Crippen molar-refractivity contribution in [2.45, 2.75) is 64.3 Å². The predicted octanol–water partition coefficient (Wildman–Crippen LogP) is 4.01. The molecule has 0 bridgehead atoms. The number of carbonyl (C=O) groups excluding carboxylic acids is 1. The zero-order chi connectivity index (χ0) is 19.1. The van der Waals surface area contributed by atoms with Gasteiger partial charge in [0, 0.05) is 24.4 Å². The Morgan fingerprint density at radius 1 is 1.35 bits per heavy atom. The lowest BCUT2D eigenvalue weighted by Gasteiger charge is -2.54. The Balaban J connectivity index is 2.14. The molecule has 3 rings (SSSR count). The van der Waals surface area contributed by atoms with E-state index in [1.165, 1.54) is 31.7 Å². The summed E-state index contributed by atoms with van der Waals surface area (Å²) < 4.78 is 0. The number of nitrogens with zero attached hydrogens (tertiary/aromatic N) is 2. The minimum absolute atomic E-state index is 0.0221. The van der Waals surface area contributed by atoms with Crippen molar-refractivity contribution in [1.29, 1.82) is 0 Å². The van der Waals surface area contributed by atoms with E-state index >= 15 is 0 Å². The first-order valence-corrected chi connectivity index (χ1v) is 9.53. The zero-order valence-corrected chi connectivity index (χ0v) is 16.2. The number of rotatable bonds is 3. The van der Waals surface area contributed by atoms with E-state index in [2.05, 4.69) is 24.2 Å². The highest BCUT2D eigenvalue weighted by Crippen LogP contribution is 2.52. The minimum Gasteiger partial charge on any atom is -0.321 e. The van der Waals surface area contributed by atoms with Gasteiger partial charge in [-0.2, -0.15) is 0 Å². The number of benzene rings is 1. The smallest absolute Gasteiger partial charge is 0.293 e. The van der Waals surface area contributed by atoms with Crippen molar-refractivity contribution in [3.63, 3.8) is 0 Å². The molecule has 142 valence electrons. The molecule has 1 saturated heterocycles. The number of fused-ring (bicyclic) bond motifs is 1. The number of amides is 1. The molecule has 1 aliphatic heterocycles. The van der Waals surface area contributed by atoms with Crippen LogP contribution in [0.1, 0.15) is 57.1 Å². The zero-order valence-electron chi connectivity index (χ0n) is 16.2. The lowest BCUT2D eigenvalue weighted by Crippen LogP contribution is -2.55. The second-order valence-corrected chi connectivity index (χ2v) is 8.10. The van der Waals surface area contributed by atoms with Crippen LogP contribution in [0.5, 0.6) is 0 Å². The monoisotopic (exact) mass is 359 g/mol. The molecule has 1 aromatic rings. The van der Waals surface area contributed by atoms with Gasteiger partial charge < -0.3 is 10.2 Å². The number of aryl methyl sites for hydroxylation is 1. The molecule has 6 heteroatoms. The van der Waals surface area contributed by atoms with Gasteiger partial charge in [0.1, 0.15) is 5.69 Å². The van der Waals surface area contributed by atoms with Gasteiger partial charge in [0.25, 0.3) is 5.69 Å². The second kappa shape index (κ2) is 6.99. The van der Waals surface area contributed by atoms with Crippen molar-refractivity contribution >= 4 is 17.3 Å². The summed E-state index contributed by atoms with van der Waals surface area (Å²) >= 11 is 0. The Labute approximate surface area is 155 Å². The van der Waals surface area contributed by atoms with E-state index in [1.807, 2.05) is 13.0 Å². The lowest BCUT2D eigenvalue weighted by atomic mass is 9.56. The first kappa shape index (κ1) is 18.8. The maximum absolute atomic E-state index is 11.6. The molecule has 0 radical (unpaired) electrons. The highest BCUT2D eigenvalue weighted by Gasteiger charge is 2.49. The summed E-state index contributed by atoms with van der Waals surface area (Å²) in [4.78, 5) is 25.1. The number of nitrogens with one attached hydrogen (secondary N) is 1. The molecule has 1 aliphatic carbocycles. The average Bonchev–Trinajstić information content (AvgIpc) is 2.59. The van der Waals surface area contributed by atoms with Gasteiger partial charge in [-0.3, -0.25) is 14.9 Å². The van der Waals surface area contributed by atoms with Crippen LogP contribution >= 0.6 is 0 Å². The molecular weight excluding hydrogens is 330 g/mol. The number of piperidine rings is 1. The van der Waals surface area contributed by atoms with Crippen LogP contribution in [-0.4, -0.2) is 35.4 Å². The largest absolute Gasteiger partial charge is 0.321 e. The number of anilines is 1. The average molecular weight is 359 g/mol. The van der Waals surface area contributed by atoms with Crippen molar-refractivity contribution in [2.75, 3.05) is 18.9 Å². The normalized spacial score (nSPS) is 29.1. The van der Waals surface area contributed by atoms with Crippen LogP contribution < -0.4 is 5.32 Å². The van der Waals surface area contributed by atoms with Crippen LogP contribution in [-0.2, 0) is 10.2 Å². The number of nitro benzene ring substituents is 1. The van der Waals surface area contributed by atoms with Crippen LogP contribution in [0.25, 0.3) is 0 Å². The van der Waals surface area contributed by atoms with Crippen molar-refractivity contribution < 1.29 is 9.72 Å². The van der Waals surface area contributed by atoms with Gasteiger partial charge in [-0.25, -0.2) is 0 Å². The van der Waals surface area contributed by atoms with Crippen molar-refractivity contribution in [1.82, 2.24) is 4.90 Å². The summed E-state index contributed by atoms with van der Waals surface area (Å²) in [6.45, 7) is 6.70.